The second-order valence-electron chi connectivity index (χ2n) is 7.60. The number of nitrogens with one attached hydrogen (secondary N) is 1. The highest BCUT2D eigenvalue weighted by molar-refractivity contribution is 6.20. The zero-order chi connectivity index (χ0) is 22.4. The van der Waals surface area contributed by atoms with Gasteiger partial charge in [0.1, 0.15) is 22.9 Å². The number of likely N-dealkylation sites (N-methyl/N-ethyl adjacent to an activating group) is 2. The van der Waals surface area contributed by atoms with Crippen LogP contribution in [0.25, 0.3) is 0 Å². The second-order valence-corrected chi connectivity index (χ2v) is 7.60. The van der Waals surface area contributed by atoms with Gasteiger partial charge in [-0.2, -0.15) is 0 Å². The molecule has 10 heteroatoms. The monoisotopic (exact) mass is 427 g/mol. The SMILES string of the molecule is COc1ccc(NCC[n+]2c(C)c(C)n3c2N=C2C3C(=O)N(C)C(=O)N2C)c(OC)c1. The number of amides is 3. The quantitative estimate of drug-likeness (QED) is 0.708. The number of rotatable bonds is 6. The molecule has 3 heterocycles. The smallest absolute Gasteiger partial charge is 0.402 e. The third-order valence-corrected chi connectivity index (χ3v) is 6.01. The van der Waals surface area contributed by atoms with Crippen LogP contribution in [0.5, 0.6) is 11.5 Å². The molecule has 1 N–H and O–H groups in total. The van der Waals surface area contributed by atoms with Gasteiger partial charge in [0.15, 0.2) is 0 Å². The van der Waals surface area contributed by atoms with E-state index in [0.717, 1.165) is 27.7 Å². The number of hydrogen-bond acceptors (Lipinski definition) is 6. The molecule has 2 aliphatic rings. The lowest BCUT2D eigenvalue weighted by atomic mass is 10.1. The summed E-state index contributed by atoms with van der Waals surface area (Å²) in [5.41, 5.74) is 2.83. The summed E-state index contributed by atoms with van der Waals surface area (Å²) in [6.45, 7) is 5.21. The number of aromatic nitrogens is 2. The van der Waals surface area contributed by atoms with Crippen molar-refractivity contribution in [2.75, 3.05) is 40.2 Å². The zero-order valence-electron chi connectivity index (χ0n) is 18.6. The number of urea groups is 1. The third kappa shape index (κ3) is 3.09. The lowest BCUT2D eigenvalue weighted by Crippen LogP contribution is -2.56. The number of anilines is 1. The summed E-state index contributed by atoms with van der Waals surface area (Å²) in [5, 5.41) is 3.39. The molecule has 0 spiro atoms. The van der Waals surface area contributed by atoms with Crippen LogP contribution >= 0.6 is 0 Å². The summed E-state index contributed by atoms with van der Waals surface area (Å²) >= 11 is 0. The number of imidazole rings is 1. The number of hydrogen-bond donors (Lipinski definition) is 1. The van der Waals surface area contributed by atoms with Gasteiger partial charge in [-0.05, 0) is 26.0 Å². The number of fused-ring (bicyclic) bond motifs is 3. The first-order valence-electron chi connectivity index (χ1n) is 10.0. The molecule has 10 nitrogen and oxygen atoms in total. The second kappa shape index (κ2) is 7.60. The van der Waals surface area contributed by atoms with Gasteiger partial charge in [-0.3, -0.25) is 14.6 Å². The number of carbonyl (C=O) groups is 2. The Morgan fingerprint density at radius 2 is 1.87 bits per heavy atom. The van der Waals surface area contributed by atoms with E-state index in [0.29, 0.717) is 30.6 Å². The molecular weight excluding hydrogens is 400 g/mol. The van der Waals surface area contributed by atoms with Crippen LogP contribution in [-0.4, -0.2) is 67.0 Å². The van der Waals surface area contributed by atoms with Gasteiger partial charge in [0.25, 0.3) is 5.91 Å². The largest absolute Gasteiger partial charge is 0.497 e. The molecule has 1 saturated heterocycles. The standard InChI is InChI=1S/C21H27N6O4/c1-12-13(2)27-17-18(24(3)21(29)25(4)19(17)28)23-20(27)26(12)10-9-22-15-8-7-14(30-5)11-16(15)31-6/h7-8,11,17,22H,9-10H2,1-6H3/q+1. The predicted molar refractivity (Wildman–Crippen MR) is 114 cm³/mol. The van der Waals surface area contributed by atoms with Gasteiger partial charge in [-0.15, -0.1) is 0 Å². The molecule has 0 saturated carbocycles. The molecule has 4 rings (SSSR count). The summed E-state index contributed by atoms with van der Waals surface area (Å²) in [6, 6.07) is 4.62. The van der Waals surface area contributed by atoms with Crippen molar-refractivity contribution in [3.05, 3.63) is 29.6 Å². The fourth-order valence-corrected chi connectivity index (χ4v) is 4.10. The summed E-state index contributed by atoms with van der Waals surface area (Å²) in [7, 11) is 6.38. The first kappa shape index (κ1) is 20.7. The molecule has 1 aromatic carbocycles. The molecular formula is C21H27N6O4+. The van der Waals surface area contributed by atoms with Crippen LogP contribution in [-0.2, 0) is 11.3 Å². The Kier molecular flexibility index (Phi) is 5.08. The normalized spacial score (nSPS) is 17.5. The van der Waals surface area contributed by atoms with Crippen molar-refractivity contribution in [3.8, 4) is 11.5 Å². The molecule has 31 heavy (non-hydrogen) atoms. The molecule has 1 unspecified atom stereocenters. The van der Waals surface area contributed by atoms with Crippen molar-refractivity contribution >= 4 is 29.4 Å². The van der Waals surface area contributed by atoms with E-state index in [4.69, 9.17) is 9.47 Å². The predicted octanol–water partition coefficient (Wildman–Crippen LogP) is 1.63. The topological polar surface area (TPSA) is 92.3 Å². The Morgan fingerprint density at radius 1 is 1.13 bits per heavy atom. The van der Waals surface area contributed by atoms with E-state index in [2.05, 4.69) is 14.9 Å². The molecule has 0 radical (unpaired) electrons. The fraction of sp³-hybridized carbons (Fsp3) is 0.429. The van der Waals surface area contributed by atoms with Crippen molar-refractivity contribution in [2.24, 2.45) is 4.99 Å². The van der Waals surface area contributed by atoms with Crippen LogP contribution in [0, 0.1) is 13.8 Å². The highest BCUT2D eigenvalue weighted by Crippen LogP contribution is 2.34. The highest BCUT2D eigenvalue weighted by Gasteiger charge is 2.53. The maximum atomic E-state index is 12.9. The molecule has 3 amide bonds. The molecule has 1 fully saturated rings. The lowest BCUT2D eigenvalue weighted by molar-refractivity contribution is -0.686. The average molecular weight is 427 g/mol. The Bertz CT molecular complexity index is 1110. The average Bonchev–Trinajstić information content (AvgIpc) is 3.27. The van der Waals surface area contributed by atoms with E-state index in [1.165, 1.54) is 11.9 Å². The van der Waals surface area contributed by atoms with Crippen molar-refractivity contribution in [2.45, 2.75) is 26.4 Å². The van der Waals surface area contributed by atoms with Gasteiger partial charge in [-0.25, -0.2) is 13.9 Å². The number of amidine groups is 1. The number of ether oxygens (including phenoxy) is 2. The molecule has 0 bridgehead atoms. The summed E-state index contributed by atoms with van der Waals surface area (Å²) in [5.74, 6) is 2.28. The Morgan fingerprint density at radius 3 is 2.55 bits per heavy atom. The van der Waals surface area contributed by atoms with Crippen molar-refractivity contribution in [1.29, 1.82) is 0 Å². The fourth-order valence-electron chi connectivity index (χ4n) is 4.10. The highest BCUT2D eigenvalue weighted by atomic mass is 16.5. The number of carbonyl (C=O) groups excluding carboxylic acids is 2. The molecule has 1 aromatic heterocycles. The van der Waals surface area contributed by atoms with Crippen LogP contribution < -0.4 is 19.4 Å². The van der Waals surface area contributed by atoms with Gasteiger partial charge in [0.05, 0.1) is 26.5 Å². The number of methoxy groups -OCH3 is 2. The lowest BCUT2D eigenvalue weighted by Gasteiger charge is -2.30. The number of nitrogens with zero attached hydrogens (tertiary/aromatic N) is 5. The number of aliphatic imine (C=N–C) groups is 1. The molecule has 1 atom stereocenters. The van der Waals surface area contributed by atoms with Crippen LogP contribution in [0.2, 0.25) is 0 Å². The van der Waals surface area contributed by atoms with E-state index < -0.39 is 6.04 Å². The first-order chi connectivity index (χ1) is 14.8. The molecule has 2 aromatic rings. The summed E-state index contributed by atoms with van der Waals surface area (Å²) in [4.78, 5) is 32.5. The van der Waals surface area contributed by atoms with Gasteiger partial charge >= 0.3 is 12.0 Å². The van der Waals surface area contributed by atoms with E-state index >= 15 is 0 Å². The zero-order valence-corrected chi connectivity index (χ0v) is 18.6. The summed E-state index contributed by atoms with van der Waals surface area (Å²) < 4.78 is 14.7. The van der Waals surface area contributed by atoms with Gasteiger partial charge in [0.2, 0.25) is 11.9 Å². The van der Waals surface area contributed by atoms with Crippen molar-refractivity contribution in [1.82, 2.24) is 14.4 Å². The van der Waals surface area contributed by atoms with Crippen molar-refractivity contribution in [3.63, 3.8) is 0 Å². The Hall–Kier alpha value is -3.56. The first-order valence-corrected chi connectivity index (χ1v) is 10.0. The van der Waals surface area contributed by atoms with Gasteiger partial charge < -0.3 is 14.8 Å². The third-order valence-electron chi connectivity index (χ3n) is 6.01. The van der Waals surface area contributed by atoms with Crippen LogP contribution in [0.3, 0.4) is 0 Å². The van der Waals surface area contributed by atoms with Crippen molar-refractivity contribution < 1.29 is 23.6 Å². The van der Waals surface area contributed by atoms with Crippen LogP contribution in [0.1, 0.15) is 17.4 Å². The molecule has 164 valence electrons. The minimum atomic E-state index is -0.614. The van der Waals surface area contributed by atoms with Crippen LogP contribution in [0.4, 0.5) is 16.4 Å². The maximum Gasteiger partial charge on any atom is 0.402 e. The van der Waals surface area contributed by atoms with E-state index in [-0.39, 0.29) is 11.9 Å². The van der Waals surface area contributed by atoms with E-state index in [1.54, 1.807) is 21.3 Å². The van der Waals surface area contributed by atoms with Gasteiger partial charge in [0, 0.05) is 26.7 Å². The van der Waals surface area contributed by atoms with Crippen LogP contribution in [0.15, 0.2) is 23.2 Å². The maximum absolute atomic E-state index is 12.9. The Labute approximate surface area is 180 Å². The summed E-state index contributed by atoms with van der Waals surface area (Å²) in [6.07, 6.45) is 0. The number of benzene rings is 1. The molecule has 2 aliphatic heterocycles. The van der Waals surface area contributed by atoms with E-state index in [9.17, 15) is 9.59 Å². The van der Waals surface area contributed by atoms with Gasteiger partial charge in [-0.1, -0.05) is 4.99 Å². The minimum Gasteiger partial charge on any atom is -0.497 e. The molecule has 0 aliphatic carbocycles. The Balaban J connectivity index is 1.60. The number of imide groups is 1. The van der Waals surface area contributed by atoms with E-state index in [1.807, 2.05) is 36.6 Å². The minimum absolute atomic E-state index is 0.271.